The summed E-state index contributed by atoms with van der Waals surface area (Å²) in [6, 6.07) is 9.40. The molecule has 3 rings (SSSR count). The summed E-state index contributed by atoms with van der Waals surface area (Å²) in [5, 5.41) is 15.6. The summed E-state index contributed by atoms with van der Waals surface area (Å²) in [5.74, 6) is 0.0595. The lowest BCUT2D eigenvalue weighted by Gasteiger charge is -2.34. The van der Waals surface area contributed by atoms with E-state index in [9.17, 15) is 14.9 Å². The molecule has 1 aliphatic carbocycles. The Labute approximate surface area is 170 Å². The molecule has 0 spiro atoms. The molecule has 1 unspecified atom stereocenters. The van der Waals surface area contributed by atoms with Crippen molar-refractivity contribution in [3.8, 4) is 6.07 Å². The molecule has 2 amide bonds. The Balaban J connectivity index is 1.39. The van der Waals surface area contributed by atoms with Gasteiger partial charge in [-0.1, -0.05) is 23.7 Å². The molecule has 0 bridgehead atoms. The summed E-state index contributed by atoms with van der Waals surface area (Å²) >= 11 is 6.07. The summed E-state index contributed by atoms with van der Waals surface area (Å²) < 4.78 is 0. The molecule has 2 aliphatic rings. The Morgan fingerprint density at radius 2 is 1.71 bits per heavy atom. The van der Waals surface area contributed by atoms with Crippen molar-refractivity contribution in [3.63, 3.8) is 0 Å². The molecule has 1 saturated heterocycles. The fourth-order valence-electron chi connectivity index (χ4n) is 3.48. The van der Waals surface area contributed by atoms with E-state index in [0.29, 0.717) is 43.4 Å². The molecule has 0 aromatic heterocycles. The van der Waals surface area contributed by atoms with Gasteiger partial charge in [-0.05, 0) is 37.8 Å². The standard InChI is InChI=1S/C20H26ClN5O2/c1-20(14-22,15-6-7-15)24-19(28)13-26-10-8-25(9-11-26)12-18(27)23-17-5-3-2-4-16(17)21/h2-5,15H,6-13H2,1H3,(H,23,27)(H,24,28). The van der Waals surface area contributed by atoms with E-state index in [2.05, 4.69) is 26.5 Å². The van der Waals surface area contributed by atoms with Crippen molar-refractivity contribution in [1.29, 1.82) is 5.26 Å². The van der Waals surface area contributed by atoms with Gasteiger partial charge in [0.25, 0.3) is 0 Å². The van der Waals surface area contributed by atoms with E-state index in [0.717, 1.165) is 12.8 Å². The summed E-state index contributed by atoms with van der Waals surface area (Å²) in [4.78, 5) is 28.7. The molecule has 1 aliphatic heterocycles. The highest BCUT2D eigenvalue weighted by Gasteiger charge is 2.43. The molecule has 1 saturated carbocycles. The Bertz CT molecular complexity index is 768. The van der Waals surface area contributed by atoms with Crippen molar-refractivity contribution in [3.05, 3.63) is 29.3 Å². The zero-order valence-electron chi connectivity index (χ0n) is 16.1. The van der Waals surface area contributed by atoms with Crippen molar-refractivity contribution in [2.75, 3.05) is 44.6 Å². The minimum absolute atomic E-state index is 0.103. The molecular weight excluding hydrogens is 378 g/mol. The number of para-hydroxylation sites is 1. The van der Waals surface area contributed by atoms with Crippen LogP contribution in [0.3, 0.4) is 0 Å². The zero-order chi connectivity index (χ0) is 20.1. The third kappa shape index (κ3) is 5.44. The van der Waals surface area contributed by atoms with Crippen molar-refractivity contribution in [2.45, 2.75) is 25.3 Å². The van der Waals surface area contributed by atoms with E-state index in [1.54, 1.807) is 19.1 Å². The number of nitriles is 1. The minimum Gasteiger partial charge on any atom is -0.337 e. The number of piperazine rings is 1. The molecule has 1 atom stereocenters. The largest absolute Gasteiger partial charge is 0.337 e. The van der Waals surface area contributed by atoms with Gasteiger partial charge in [-0.25, -0.2) is 0 Å². The molecule has 150 valence electrons. The first-order valence-electron chi connectivity index (χ1n) is 9.61. The predicted molar refractivity (Wildman–Crippen MR) is 108 cm³/mol. The van der Waals surface area contributed by atoms with Gasteiger partial charge in [0.1, 0.15) is 5.54 Å². The lowest BCUT2D eigenvalue weighted by molar-refractivity contribution is -0.124. The average Bonchev–Trinajstić information content (AvgIpc) is 3.51. The summed E-state index contributed by atoms with van der Waals surface area (Å²) in [6.45, 7) is 5.21. The van der Waals surface area contributed by atoms with Gasteiger partial charge in [-0.3, -0.25) is 19.4 Å². The Morgan fingerprint density at radius 1 is 1.14 bits per heavy atom. The van der Waals surface area contributed by atoms with Crippen LogP contribution in [0.4, 0.5) is 5.69 Å². The van der Waals surface area contributed by atoms with Gasteiger partial charge < -0.3 is 10.6 Å². The number of nitrogens with one attached hydrogen (secondary N) is 2. The van der Waals surface area contributed by atoms with Crippen LogP contribution in [0.2, 0.25) is 5.02 Å². The molecule has 1 aromatic rings. The highest BCUT2D eigenvalue weighted by atomic mass is 35.5. The SMILES string of the molecule is CC(C#N)(NC(=O)CN1CCN(CC(=O)Nc2ccccc2Cl)CC1)C1CC1. The molecule has 2 fully saturated rings. The van der Waals surface area contributed by atoms with Crippen molar-refractivity contribution >= 4 is 29.1 Å². The Hall–Kier alpha value is -2.14. The van der Waals surface area contributed by atoms with Crippen LogP contribution in [-0.4, -0.2) is 66.4 Å². The second-order valence-corrected chi connectivity index (χ2v) is 8.12. The molecule has 0 radical (unpaired) electrons. The van der Waals surface area contributed by atoms with Crippen LogP contribution >= 0.6 is 11.6 Å². The van der Waals surface area contributed by atoms with E-state index in [1.807, 2.05) is 12.1 Å². The number of anilines is 1. The Kier molecular flexibility index (Phi) is 6.55. The van der Waals surface area contributed by atoms with Crippen molar-refractivity contribution < 1.29 is 9.59 Å². The van der Waals surface area contributed by atoms with Crippen LogP contribution in [0.1, 0.15) is 19.8 Å². The fourth-order valence-corrected chi connectivity index (χ4v) is 3.66. The number of carbonyl (C=O) groups excluding carboxylic acids is 2. The number of nitrogens with zero attached hydrogens (tertiary/aromatic N) is 3. The van der Waals surface area contributed by atoms with Crippen LogP contribution in [-0.2, 0) is 9.59 Å². The third-order valence-electron chi connectivity index (χ3n) is 5.37. The van der Waals surface area contributed by atoms with Crippen molar-refractivity contribution in [1.82, 2.24) is 15.1 Å². The maximum absolute atomic E-state index is 12.3. The zero-order valence-corrected chi connectivity index (χ0v) is 16.8. The molecule has 1 heterocycles. The lowest BCUT2D eigenvalue weighted by Crippen LogP contribution is -2.54. The van der Waals surface area contributed by atoms with Crippen LogP contribution < -0.4 is 10.6 Å². The second-order valence-electron chi connectivity index (χ2n) is 7.72. The number of hydrogen-bond acceptors (Lipinski definition) is 5. The second kappa shape index (κ2) is 8.91. The minimum atomic E-state index is -0.754. The van der Waals surface area contributed by atoms with E-state index >= 15 is 0 Å². The van der Waals surface area contributed by atoms with Gasteiger partial charge in [-0.15, -0.1) is 0 Å². The summed E-state index contributed by atoms with van der Waals surface area (Å²) in [6.07, 6.45) is 2.00. The molecule has 28 heavy (non-hydrogen) atoms. The smallest absolute Gasteiger partial charge is 0.238 e. The first-order chi connectivity index (χ1) is 13.4. The van der Waals surface area contributed by atoms with Crippen LogP contribution in [0.5, 0.6) is 0 Å². The van der Waals surface area contributed by atoms with Gasteiger partial charge in [-0.2, -0.15) is 5.26 Å². The highest BCUT2D eigenvalue weighted by Crippen LogP contribution is 2.39. The maximum atomic E-state index is 12.3. The molecular formula is C20H26ClN5O2. The van der Waals surface area contributed by atoms with E-state index in [1.165, 1.54) is 0 Å². The topological polar surface area (TPSA) is 88.5 Å². The number of rotatable bonds is 7. The van der Waals surface area contributed by atoms with Crippen LogP contribution in [0.15, 0.2) is 24.3 Å². The third-order valence-corrected chi connectivity index (χ3v) is 5.70. The lowest BCUT2D eigenvalue weighted by atomic mass is 9.98. The molecule has 1 aromatic carbocycles. The fraction of sp³-hybridized carbons (Fsp3) is 0.550. The quantitative estimate of drug-likeness (QED) is 0.723. The monoisotopic (exact) mass is 403 g/mol. The molecule has 2 N–H and O–H groups in total. The van der Waals surface area contributed by atoms with E-state index in [-0.39, 0.29) is 24.3 Å². The number of amides is 2. The normalized spacial score (nSPS) is 20.0. The maximum Gasteiger partial charge on any atom is 0.238 e. The number of halogens is 1. The van der Waals surface area contributed by atoms with Gasteiger partial charge in [0, 0.05) is 26.2 Å². The Morgan fingerprint density at radius 3 is 2.25 bits per heavy atom. The van der Waals surface area contributed by atoms with Crippen LogP contribution in [0.25, 0.3) is 0 Å². The number of benzene rings is 1. The number of hydrogen-bond donors (Lipinski definition) is 2. The molecule has 7 nitrogen and oxygen atoms in total. The van der Waals surface area contributed by atoms with E-state index < -0.39 is 5.54 Å². The average molecular weight is 404 g/mol. The predicted octanol–water partition coefficient (Wildman–Crippen LogP) is 1.70. The van der Waals surface area contributed by atoms with Gasteiger partial charge in [0.05, 0.1) is 29.9 Å². The number of carbonyl (C=O) groups is 2. The summed E-state index contributed by atoms with van der Waals surface area (Å²) in [7, 11) is 0. The van der Waals surface area contributed by atoms with Gasteiger partial charge >= 0.3 is 0 Å². The van der Waals surface area contributed by atoms with E-state index in [4.69, 9.17) is 11.6 Å². The molecule has 8 heteroatoms. The first kappa shape index (κ1) is 20.6. The highest BCUT2D eigenvalue weighted by molar-refractivity contribution is 6.33. The van der Waals surface area contributed by atoms with Crippen LogP contribution in [0, 0.1) is 17.2 Å². The van der Waals surface area contributed by atoms with Gasteiger partial charge in [0.2, 0.25) is 11.8 Å². The first-order valence-corrected chi connectivity index (χ1v) is 9.99. The van der Waals surface area contributed by atoms with Gasteiger partial charge in [0.15, 0.2) is 0 Å². The van der Waals surface area contributed by atoms with Crippen molar-refractivity contribution in [2.24, 2.45) is 5.92 Å². The summed E-state index contributed by atoms with van der Waals surface area (Å²) in [5.41, 5.74) is -0.143.